The van der Waals surface area contributed by atoms with Crippen molar-refractivity contribution < 1.29 is 13.6 Å². The molecule has 10 heteroatoms. The summed E-state index contributed by atoms with van der Waals surface area (Å²) in [7, 11) is 0. The van der Waals surface area contributed by atoms with Crippen LogP contribution in [-0.4, -0.2) is 56.7 Å². The third-order valence-corrected chi connectivity index (χ3v) is 5.72. The van der Waals surface area contributed by atoms with Crippen molar-refractivity contribution in [2.45, 2.75) is 6.92 Å². The number of nitrogens with zero attached hydrogens (tertiary/aromatic N) is 6. The van der Waals surface area contributed by atoms with Crippen molar-refractivity contribution in [2.24, 2.45) is 0 Å². The Morgan fingerprint density at radius 2 is 1.67 bits per heavy atom. The molecule has 1 aliphatic heterocycles. The number of fused-ring (bicyclic) bond motifs is 1. The van der Waals surface area contributed by atoms with E-state index in [1.807, 2.05) is 4.90 Å². The Kier molecular flexibility index (Phi) is 5.12. The summed E-state index contributed by atoms with van der Waals surface area (Å²) in [5, 5.41) is 4.97. The van der Waals surface area contributed by atoms with E-state index < -0.39 is 11.6 Å². The zero-order chi connectivity index (χ0) is 23.1. The molecule has 2 aromatic carbocycles. The average molecular weight is 449 g/mol. The van der Waals surface area contributed by atoms with E-state index >= 15 is 0 Å². The molecule has 0 bridgehead atoms. The van der Waals surface area contributed by atoms with Crippen molar-refractivity contribution in [3.63, 3.8) is 0 Å². The summed E-state index contributed by atoms with van der Waals surface area (Å²) >= 11 is 0. The van der Waals surface area contributed by atoms with Crippen molar-refractivity contribution in [3.05, 3.63) is 60.2 Å². The van der Waals surface area contributed by atoms with Gasteiger partial charge in [-0.25, -0.2) is 18.4 Å². The number of rotatable bonds is 3. The molecule has 33 heavy (non-hydrogen) atoms. The number of anilines is 2. The van der Waals surface area contributed by atoms with Gasteiger partial charge in [-0.3, -0.25) is 4.79 Å². The largest absolute Gasteiger partial charge is 0.383 e. The second kappa shape index (κ2) is 8.12. The maximum atomic E-state index is 14.1. The zero-order valence-corrected chi connectivity index (χ0v) is 17.9. The van der Waals surface area contributed by atoms with Crippen LogP contribution in [0.15, 0.2) is 48.5 Å². The van der Waals surface area contributed by atoms with Gasteiger partial charge in [0.2, 0.25) is 11.9 Å². The van der Waals surface area contributed by atoms with Crippen molar-refractivity contribution in [2.75, 3.05) is 36.8 Å². The first-order valence-electron chi connectivity index (χ1n) is 10.5. The lowest BCUT2D eigenvalue weighted by Crippen LogP contribution is -2.48. The summed E-state index contributed by atoms with van der Waals surface area (Å²) in [6, 6.07) is 12.0. The molecule has 8 nitrogen and oxygen atoms in total. The molecule has 0 spiro atoms. The SMILES string of the molecule is CC(=O)N1CCN(c2nc(-c3cccc(F)c3)c3c(N)n(-c4cccc(F)c4)nc3n2)CC1. The lowest BCUT2D eigenvalue weighted by atomic mass is 10.1. The summed E-state index contributed by atoms with van der Waals surface area (Å²) < 4.78 is 29.3. The fourth-order valence-corrected chi connectivity index (χ4v) is 4.01. The van der Waals surface area contributed by atoms with E-state index in [-0.39, 0.29) is 11.7 Å². The van der Waals surface area contributed by atoms with Gasteiger partial charge in [0.15, 0.2) is 5.65 Å². The number of piperazine rings is 1. The van der Waals surface area contributed by atoms with Crippen LogP contribution in [0, 0.1) is 11.6 Å². The van der Waals surface area contributed by atoms with Gasteiger partial charge in [-0.15, -0.1) is 5.10 Å². The van der Waals surface area contributed by atoms with Gasteiger partial charge in [-0.1, -0.05) is 18.2 Å². The summed E-state index contributed by atoms with van der Waals surface area (Å²) in [5.74, 6) is -0.177. The van der Waals surface area contributed by atoms with Gasteiger partial charge in [0, 0.05) is 38.7 Å². The fraction of sp³-hybridized carbons (Fsp3) is 0.217. The minimum atomic E-state index is -0.424. The Bertz CT molecular complexity index is 1360. The van der Waals surface area contributed by atoms with Gasteiger partial charge in [0.1, 0.15) is 17.5 Å². The van der Waals surface area contributed by atoms with Crippen LogP contribution >= 0.6 is 0 Å². The number of benzene rings is 2. The minimum absolute atomic E-state index is 0.0214. The summed E-state index contributed by atoms with van der Waals surface area (Å²) in [6.45, 7) is 3.74. The Balaban J connectivity index is 1.67. The minimum Gasteiger partial charge on any atom is -0.383 e. The van der Waals surface area contributed by atoms with E-state index in [0.717, 1.165) is 0 Å². The van der Waals surface area contributed by atoms with E-state index in [1.54, 1.807) is 36.1 Å². The van der Waals surface area contributed by atoms with Crippen LogP contribution < -0.4 is 10.6 Å². The third-order valence-electron chi connectivity index (χ3n) is 5.72. The number of hydrogen-bond acceptors (Lipinski definition) is 6. The smallest absolute Gasteiger partial charge is 0.228 e. The van der Waals surface area contributed by atoms with Gasteiger partial charge in [-0.05, 0) is 30.3 Å². The molecule has 0 radical (unpaired) electrons. The molecule has 1 fully saturated rings. The molecule has 1 aliphatic rings. The molecule has 168 valence electrons. The first-order valence-corrected chi connectivity index (χ1v) is 10.5. The molecule has 1 saturated heterocycles. The molecule has 0 unspecified atom stereocenters. The molecule has 1 amide bonds. The Morgan fingerprint density at radius 3 is 2.33 bits per heavy atom. The summed E-state index contributed by atoms with van der Waals surface area (Å²) in [5.41, 5.74) is 8.13. The predicted molar refractivity (Wildman–Crippen MR) is 121 cm³/mol. The Hall–Kier alpha value is -4.08. The highest BCUT2D eigenvalue weighted by Gasteiger charge is 2.25. The number of nitrogen functional groups attached to an aromatic ring is 1. The highest BCUT2D eigenvalue weighted by molar-refractivity contribution is 5.99. The normalized spacial score (nSPS) is 14.2. The molecule has 2 aromatic heterocycles. The number of amides is 1. The van der Waals surface area contributed by atoms with E-state index in [2.05, 4.69) is 10.1 Å². The van der Waals surface area contributed by atoms with E-state index in [1.165, 1.54) is 28.9 Å². The Morgan fingerprint density at radius 1 is 0.970 bits per heavy atom. The average Bonchev–Trinajstić information content (AvgIpc) is 3.15. The van der Waals surface area contributed by atoms with Crippen LogP contribution in [0.3, 0.4) is 0 Å². The van der Waals surface area contributed by atoms with Crippen molar-refractivity contribution in [1.29, 1.82) is 0 Å². The van der Waals surface area contributed by atoms with Gasteiger partial charge >= 0.3 is 0 Å². The van der Waals surface area contributed by atoms with Crippen molar-refractivity contribution in [3.8, 4) is 16.9 Å². The lowest BCUT2D eigenvalue weighted by Gasteiger charge is -2.34. The fourth-order valence-electron chi connectivity index (χ4n) is 4.01. The zero-order valence-electron chi connectivity index (χ0n) is 17.9. The standard InChI is InChI=1S/C23H21F2N7O/c1-14(33)30-8-10-31(11-9-30)23-27-20(15-4-2-5-16(24)12-15)19-21(26)32(29-22(19)28-23)18-7-3-6-17(25)13-18/h2-7,12-13H,8-11,26H2,1H3. The van der Waals surface area contributed by atoms with Crippen LogP contribution in [0.2, 0.25) is 0 Å². The molecule has 0 saturated carbocycles. The quantitative estimate of drug-likeness (QED) is 0.517. The van der Waals surface area contributed by atoms with Gasteiger partial charge in [0.05, 0.1) is 16.8 Å². The monoisotopic (exact) mass is 449 g/mol. The summed E-state index contributed by atoms with van der Waals surface area (Å²) in [4.78, 5) is 24.7. The maximum absolute atomic E-state index is 14.1. The highest BCUT2D eigenvalue weighted by atomic mass is 19.1. The molecule has 5 rings (SSSR count). The molecule has 2 N–H and O–H groups in total. The van der Waals surface area contributed by atoms with Crippen LogP contribution in [0.5, 0.6) is 0 Å². The summed E-state index contributed by atoms with van der Waals surface area (Å²) in [6.07, 6.45) is 0. The van der Waals surface area contributed by atoms with E-state index in [0.29, 0.717) is 60.1 Å². The first kappa shape index (κ1) is 20.8. The van der Waals surface area contributed by atoms with E-state index in [4.69, 9.17) is 10.7 Å². The van der Waals surface area contributed by atoms with Crippen LogP contribution in [0.4, 0.5) is 20.5 Å². The number of hydrogen-bond donors (Lipinski definition) is 1. The predicted octanol–water partition coefficient (Wildman–Crippen LogP) is 3.01. The molecule has 3 heterocycles. The van der Waals surface area contributed by atoms with Crippen LogP contribution in [0.1, 0.15) is 6.92 Å². The van der Waals surface area contributed by atoms with Crippen LogP contribution in [0.25, 0.3) is 28.0 Å². The third kappa shape index (κ3) is 3.84. The molecule has 4 aromatic rings. The van der Waals surface area contributed by atoms with Crippen molar-refractivity contribution in [1.82, 2.24) is 24.6 Å². The van der Waals surface area contributed by atoms with Gasteiger partial charge in [-0.2, -0.15) is 4.98 Å². The molecule has 0 aliphatic carbocycles. The highest BCUT2D eigenvalue weighted by Crippen LogP contribution is 2.34. The first-order chi connectivity index (χ1) is 15.9. The van der Waals surface area contributed by atoms with Gasteiger partial charge < -0.3 is 15.5 Å². The number of carbonyl (C=O) groups is 1. The number of halogens is 2. The number of aromatic nitrogens is 4. The Labute approximate surface area is 188 Å². The molecule has 0 atom stereocenters. The number of nitrogens with two attached hydrogens (primary N) is 1. The lowest BCUT2D eigenvalue weighted by molar-refractivity contribution is -0.129. The second-order valence-electron chi connectivity index (χ2n) is 7.85. The van der Waals surface area contributed by atoms with Gasteiger partial charge in [0.25, 0.3) is 0 Å². The maximum Gasteiger partial charge on any atom is 0.228 e. The topological polar surface area (TPSA) is 93.2 Å². The second-order valence-corrected chi connectivity index (χ2v) is 7.85. The molecular weight excluding hydrogens is 428 g/mol. The van der Waals surface area contributed by atoms with Crippen molar-refractivity contribution >= 4 is 28.7 Å². The molecular formula is C23H21F2N7O. The van der Waals surface area contributed by atoms with Crippen LogP contribution in [-0.2, 0) is 4.79 Å². The number of carbonyl (C=O) groups excluding carboxylic acids is 1. The van der Waals surface area contributed by atoms with E-state index in [9.17, 15) is 13.6 Å².